The third-order valence-corrected chi connectivity index (χ3v) is 7.46. The standard InChI is InChI=1S/C23H32O/c1-4-5-6-17-8-12-22-21-10-7-16-15-18(24-3)9-11-19(16)20(21)13-14-23(17,22)2/h6,9,11,15,20-22H,4-5,7-8,10,12-14H2,1-3H3/b17-6-/t20?,21?,22?,23-/m1/s1. The maximum absolute atomic E-state index is 5.45. The summed E-state index contributed by atoms with van der Waals surface area (Å²) in [7, 11) is 1.78. The van der Waals surface area contributed by atoms with E-state index in [2.05, 4.69) is 38.1 Å². The number of benzene rings is 1. The molecule has 4 rings (SSSR count). The van der Waals surface area contributed by atoms with Crippen LogP contribution in [0.15, 0.2) is 29.8 Å². The second-order valence-electron chi connectivity index (χ2n) is 8.49. The molecular formula is C23H32O. The van der Waals surface area contributed by atoms with Crippen molar-refractivity contribution in [2.45, 2.75) is 71.1 Å². The summed E-state index contributed by atoms with van der Waals surface area (Å²) in [6, 6.07) is 6.84. The lowest BCUT2D eigenvalue weighted by molar-refractivity contribution is 0.0812. The minimum absolute atomic E-state index is 0.500. The molecule has 24 heavy (non-hydrogen) atoms. The summed E-state index contributed by atoms with van der Waals surface area (Å²) in [6.45, 7) is 4.89. The Morgan fingerprint density at radius 3 is 2.88 bits per heavy atom. The number of ether oxygens (including phenoxy) is 1. The molecule has 0 bridgehead atoms. The second kappa shape index (κ2) is 6.24. The molecule has 3 aliphatic rings. The quantitative estimate of drug-likeness (QED) is 0.595. The average Bonchev–Trinajstić information content (AvgIpc) is 2.95. The molecule has 2 fully saturated rings. The molecule has 3 aliphatic carbocycles. The lowest BCUT2D eigenvalue weighted by Gasteiger charge is -2.49. The van der Waals surface area contributed by atoms with Crippen molar-refractivity contribution in [2.24, 2.45) is 17.3 Å². The maximum Gasteiger partial charge on any atom is 0.119 e. The molecule has 0 saturated heterocycles. The Bertz CT molecular complexity index is 643. The number of hydrogen-bond acceptors (Lipinski definition) is 1. The van der Waals surface area contributed by atoms with Crippen LogP contribution in [0.25, 0.3) is 0 Å². The fourth-order valence-corrected chi connectivity index (χ4v) is 6.19. The van der Waals surface area contributed by atoms with E-state index in [9.17, 15) is 0 Å². The third-order valence-electron chi connectivity index (χ3n) is 7.46. The monoisotopic (exact) mass is 324 g/mol. The average molecular weight is 325 g/mol. The van der Waals surface area contributed by atoms with Gasteiger partial charge in [0.25, 0.3) is 0 Å². The lowest BCUT2D eigenvalue weighted by atomic mass is 9.55. The largest absolute Gasteiger partial charge is 0.497 e. The van der Waals surface area contributed by atoms with Crippen LogP contribution in [0.1, 0.15) is 75.8 Å². The summed E-state index contributed by atoms with van der Waals surface area (Å²) >= 11 is 0. The van der Waals surface area contributed by atoms with Crippen LogP contribution in [0.2, 0.25) is 0 Å². The van der Waals surface area contributed by atoms with E-state index in [1.165, 1.54) is 51.4 Å². The molecule has 1 aromatic carbocycles. The number of aryl methyl sites for hydroxylation is 1. The first kappa shape index (κ1) is 16.2. The minimum atomic E-state index is 0.500. The molecule has 1 nitrogen and oxygen atoms in total. The number of allylic oxidation sites excluding steroid dienone is 2. The smallest absolute Gasteiger partial charge is 0.119 e. The predicted molar refractivity (Wildman–Crippen MR) is 101 cm³/mol. The Kier molecular flexibility index (Phi) is 4.22. The van der Waals surface area contributed by atoms with Crippen molar-refractivity contribution in [1.82, 2.24) is 0 Å². The van der Waals surface area contributed by atoms with Gasteiger partial charge in [-0.15, -0.1) is 0 Å². The summed E-state index contributed by atoms with van der Waals surface area (Å²) in [5.74, 6) is 3.63. The van der Waals surface area contributed by atoms with Crippen LogP contribution in [0.3, 0.4) is 0 Å². The van der Waals surface area contributed by atoms with E-state index < -0.39 is 0 Å². The van der Waals surface area contributed by atoms with Crippen LogP contribution in [-0.4, -0.2) is 7.11 Å². The van der Waals surface area contributed by atoms with Gasteiger partial charge in [0.05, 0.1) is 7.11 Å². The van der Waals surface area contributed by atoms with Gasteiger partial charge >= 0.3 is 0 Å². The van der Waals surface area contributed by atoms with Crippen molar-refractivity contribution in [1.29, 1.82) is 0 Å². The SMILES string of the molecule is CCC/C=C1/CCC2C3CCc4cc(OC)ccc4C3CC[C@]12C. The van der Waals surface area contributed by atoms with Gasteiger partial charge in [-0.1, -0.05) is 38.0 Å². The molecule has 0 aliphatic heterocycles. The number of unbranched alkanes of at least 4 members (excludes halogenated alkanes) is 1. The van der Waals surface area contributed by atoms with E-state index in [0.717, 1.165) is 23.5 Å². The first-order chi connectivity index (χ1) is 11.7. The van der Waals surface area contributed by atoms with Crippen molar-refractivity contribution in [3.05, 3.63) is 41.0 Å². The molecule has 4 atom stereocenters. The molecule has 0 N–H and O–H groups in total. The van der Waals surface area contributed by atoms with Crippen LogP contribution >= 0.6 is 0 Å². The van der Waals surface area contributed by atoms with Crippen LogP contribution in [0.4, 0.5) is 0 Å². The van der Waals surface area contributed by atoms with Crippen LogP contribution in [0, 0.1) is 17.3 Å². The van der Waals surface area contributed by atoms with E-state index in [1.807, 2.05) is 0 Å². The van der Waals surface area contributed by atoms with E-state index in [-0.39, 0.29) is 0 Å². The zero-order chi connectivity index (χ0) is 16.7. The summed E-state index contributed by atoms with van der Waals surface area (Å²) in [5, 5.41) is 0. The fourth-order valence-electron chi connectivity index (χ4n) is 6.19. The van der Waals surface area contributed by atoms with Crippen LogP contribution < -0.4 is 4.74 Å². The van der Waals surface area contributed by atoms with Crippen molar-refractivity contribution < 1.29 is 4.74 Å². The molecule has 0 spiro atoms. The maximum atomic E-state index is 5.45. The molecule has 2 saturated carbocycles. The van der Waals surface area contributed by atoms with Crippen molar-refractivity contribution >= 4 is 0 Å². The van der Waals surface area contributed by atoms with Gasteiger partial charge in [-0.2, -0.15) is 0 Å². The highest BCUT2D eigenvalue weighted by Gasteiger charge is 2.52. The van der Waals surface area contributed by atoms with Crippen molar-refractivity contribution in [2.75, 3.05) is 7.11 Å². The highest BCUT2D eigenvalue weighted by atomic mass is 16.5. The Hall–Kier alpha value is -1.24. The molecule has 1 aromatic rings. The Balaban J connectivity index is 1.63. The van der Waals surface area contributed by atoms with Crippen LogP contribution in [0.5, 0.6) is 5.75 Å². The molecule has 130 valence electrons. The van der Waals surface area contributed by atoms with Crippen molar-refractivity contribution in [3.63, 3.8) is 0 Å². The summed E-state index contributed by atoms with van der Waals surface area (Å²) < 4.78 is 5.45. The highest BCUT2D eigenvalue weighted by molar-refractivity contribution is 5.41. The topological polar surface area (TPSA) is 9.23 Å². The Morgan fingerprint density at radius 1 is 1.21 bits per heavy atom. The summed E-state index contributed by atoms with van der Waals surface area (Å²) in [5.41, 5.74) is 5.49. The van der Waals surface area contributed by atoms with Gasteiger partial charge in [-0.05, 0) is 91.4 Å². The number of rotatable bonds is 3. The van der Waals surface area contributed by atoms with Gasteiger partial charge in [0.2, 0.25) is 0 Å². The van der Waals surface area contributed by atoms with E-state index >= 15 is 0 Å². The van der Waals surface area contributed by atoms with Gasteiger partial charge in [0.1, 0.15) is 5.75 Å². The Morgan fingerprint density at radius 2 is 2.08 bits per heavy atom. The molecule has 1 heteroatoms. The molecular weight excluding hydrogens is 292 g/mol. The normalized spacial score (nSPS) is 36.1. The first-order valence-electron chi connectivity index (χ1n) is 10.0. The number of hydrogen-bond donors (Lipinski definition) is 0. The molecule has 0 heterocycles. The van der Waals surface area contributed by atoms with E-state index in [1.54, 1.807) is 23.8 Å². The zero-order valence-corrected chi connectivity index (χ0v) is 15.6. The molecule has 0 amide bonds. The number of fused-ring (bicyclic) bond motifs is 5. The van der Waals surface area contributed by atoms with Gasteiger partial charge < -0.3 is 4.74 Å². The first-order valence-corrected chi connectivity index (χ1v) is 10.0. The Labute approximate surface area is 147 Å². The summed E-state index contributed by atoms with van der Waals surface area (Å²) in [6.07, 6.45) is 13.3. The van der Waals surface area contributed by atoms with Crippen LogP contribution in [-0.2, 0) is 6.42 Å². The third kappa shape index (κ3) is 2.43. The fraction of sp³-hybridized carbons (Fsp3) is 0.652. The lowest BCUT2D eigenvalue weighted by Crippen LogP contribution is -2.40. The summed E-state index contributed by atoms with van der Waals surface area (Å²) in [4.78, 5) is 0. The molecule has 0 radical (unpaired) electrons. The highest BCUT2D eigenvalue weighted by Crippen LogP contribution is 2.62. The van der Waals surface area contributed by atoms with Gasteiger partial charge in [-0.25, -0.2) is 0 Å². The minimum Gasteiger partial charge on any atom is -0.497 e. The van der Waals surface area contributed by atoms with Gasteiger partial charge in [-0.3, -0.25) is 0 Å². The van der Waals surface area contributed by atoms with E-state index in [4.69, 9.17) is 4.74 Å². The predicted octanol–water partition coefficient (Wildman–Crippen LogP) is 6.28. The van der Waals surface area contributed by atoms with Gasteiger partial charge in [0.15, 0.2) is 0 Å². The molecule has 0 aromatic heterocycles. The number of methoxy groups -OCH3 is 1. The second-order valence-corrected chi connectivity index (χ2v) is 8.49. The zero-order valence-electron chi connectivity index (χ0n) is 15.6. The van der Waals surface area contributed by atoms with Crippen molar-refractivity contribution in [3.8, 4) is 5.75 Å². The van der Waals surface area contributed by atoms with Gasteiger partial charge in [0, 0.05) is 0 Å². The molecule has 3 unspecified atom stereocenters. The van der Waals surface area contributed by atoms with E-state index in [0.29, 0.717) is 5.41 Å².